The van der Waals surface area contributed by atoms with E-state index < -0.39 is 50.3 Å². The average Bonchev–Trinajstić information content (AvgIpc) is 3.35. The summed E-state index contributed by atoms with van der Waals surface area (Å²) in [7, 11) is -2.95. The van der Waals surface area contributed by atoms with Gasteiger partial charge in [0.2, 0.25) is 5.95 Å². The predicted molar refractivity (Wildman–Crippen MR) is 157 cm³/mol. The largest absolute Gasteiger partial charge is 0.453 e. The van der Waals surface area contributed by atoms with Crippen LogP contribution in [0.15, 0.2) is 29.4 Å². The zero-order valence-electron chi connectivity index (χ0n) is 25.1. The fraction of sp³-hybridized carbons (Fsp3) is 0.500. The number of fused-ring (bicyclic) bond motifs is 1. The molecule has 3 heterocycles. The monoisotopic (exact) mass is 640 g/mol. The molecule has 1 aromatic carbocycles. The Labute approximate surface area is 252 Å². The minimum atomic E-state index is -4.84. The van der Waals surface area contributed by atoms with Gasteiger partial charge in [-0.15, -0.1) is 0 Å². The summed E-state index contributed by atoms with van der Waals surface area (Å²) in [4.78, 5) is 36.7. The summed E-state index contributed by atoms with van der Waals surface area (Å²) in [5, 5.41) is 4.61. The number of sulfone groups is 1. The molecule has 0 spiro atoms. The van der Waals surface area contributed by atoms with Crippen LogP contribution in [0.4, 0.5) is 34.4 Å². The fourth-order valence-electron chi connectivity index (χ4n) is 4.79. The summed E-state index contributed by atoms with van der Waals surface area (Å²) in [6, 6.07) is 2.31. The quantitative estimate of drug-likeness (QED) is 0.302. The molecule has 0 saturated carbocycles. The Morgan fingerprint density at radius 3 is 2.50 bits per heavy atom. The third-order valence-corrected chi connectivity index (χ3v) is 9.13. The summed E-state index contributed by atoms with van der Waals surface area (Å²) >= 11 is 0. The van der Waals surface area contributed by atoms with Crippen LogP contribution in [-0.2, 0) is 25.5 Å². The fourth-order valence-corrected chi connectivity index (χ4v) is 6.14. The van der Waals surface area contributed by atoms with Crippen molar-refractivity contribution in [3.05, 3.63) is 30.1 Å². The van der Waals surface area contributed by atoms with Crippen LogP contribution in [0.25, 0.3) is 22.2 Å². The van der Waals surface area contributed by atoms with Crippen LogP contribution in [-0.4, -0.2) is 77.5 Å². The molecule has 1 aliphatic rings. The van der Waals surface area contributed by atoms with Gasteiger partial charge in [-0.3, -0.25) is 5.32 Å². The van der Waals surface area contributed by atoms with Crippen LogP contribution in [0, 0.1) is 0 Å². The van der Waals surface area contributed by atoms with Gasteiger partial charge < -0.3 is 24.7 Å². The van der Waals surface area contributed by atoms with E-state index >= 15 is 0 Å². The zero-order valence-corrected chi connectivity index (χ0v) is 25.9. The molecule has 44 heavy (non-hydrogen) atoms. The molecule has 12 nitrogen and oxygen atoms in total. The highest BCUT2D eigenvalue weighted by Gasteiger charge is 2.37. The number of piperidine rings is 1. The standard InChI is InChI=1S/C28H35F3N6O6S/c1-15(2)44(40,41)23-20(35-25(38)42-6)10-9-17-18(12-32-22(17)23)21-19(28(29,30)31)13-33-24(36-21)34-16-8-7-11-37(14-16)26(39)43-27(3,4)5/h9-10,12-13,15-16,32H,7-8,11,14H2,1-6H3,(H,35,38)(H,33,34,36)/t16-/m0/s1. The number of amides is 2. The van der Waals surface area contributed by atoms with E-state index in [0.29, 0.717) is 25.6 Å². The van der Waals surface area contributed by atoms with Crippen LogP contribution in [0.1, 0.15) is 53.0 Å². The number of H-pyrrole nitrogens is 1. The molecule has 4 rings (SSSR count). The molecule has 16 heteroatoms. The van der Waals surface area contributed by atoms with Gasteiger partial charge in [-0.2, -0.15) is 13.2 Å². The van der Waals surface area contributed by atoms with Crippen LogP contribution in [0.5, 0.6) is 0 Å². The highest BCUT2D eigenvalue weighted by atomic mass is 32.2. The Morgan fingerprint density at radius 1 is 1.18 bits per heavy atom. The summed E-state index contributed by atoms with van der Waals surface area (Å²) in [5.74, 6) is -0.0996. The van der Waals surface area contributed by atoms with Crippen molar-refractivity contribution in [2.45, 2.75) is 75.4 Å². The average molecular weight is 641 g/mol. The van der Waals surface area contributed by atoms with Gasteiger partial charge in [0.25, 0.3) is 0 Å². The topological polar surface area (TPSA) is 156 Å². The van der Waals surface area contributed by atoms with E-state index in [1.54, 1.807) is 20.8 Å². The lowest BCUT2D eigenvalue weighted by Gasteiger charge is -2.34. The molecule has 2 amide bonds. The zero-order chi connectivity index (χ0) is 32.6. The van der Waals surface area contributed by atoms with Gasteiger partial charge in [0.1, 0.15) is 16.1 Å². The summed E-state index contributed by atoms with van der Waals surface area (Å²) in [5.41, 5.74) is -2.44. The number of methoxy groups -OCH3 is 1. The van der Waals surface area contributed by atoms with Gasteiger partial charge >= 0.3 is 18.4 Å². The highest BCUT2D eigenvalue weighted by molar-refractivity contribution is 7.92. The van der Waals surface area contributed by atoms with Crippen molar-refractivity contribution in [1.82, 2.24) is 19.9 Å². The van der Waals surface area contributed by atoms with E-state index in [2.05, 4.69) is 30.3 Å². The second kappa shape index (κ2) is 12.1. The van der Waals surface area contributed by atoms with Crippen molar-refractivity contribution in [3.8, 4) is 11.3 Å². The van der Waals surface area contributed by atoms with Crippen molar-refractivity contribution in [3.63, 3.8) is 0 Å². The van der Waals surface area contributed by atoms with Gasteiger partial charge in [0.15, 0.2) is 9.84 Å². The minimum absolute atomic E-state index is 0.0101. The number of halogens is 3. The lowest BCUT2D eigenvalue weighted by molar-refractivity contribution is -0.137. The first kappa shape index (κ1) is 32.8. The second-order valence-electron chi connectivity index (χ2n) is 11.6. The smallest absolute Gasteiger partial charge is 0.419 e. The van der Waals surface area contributed by atoms with E-state index in [-0.39, 0.29) is 45.6 Å². The van der Waals surface area contributed by atoms with Gasteiger partial charge in [-0.25, -0.2) is 28.0 Å². The molecule has 0 aliphatic carbocycles. The van der Waals surface area contributed by atoms with Gasteiger partial charge in [0, 0.05) is 42.5 Å². The molecular weight excluding hydrogens is 605 g/mol. The number of hydrogen-bond acceptors (Lipinski definition) is 9. The maximum Gasteiger partial charge on any atom is 0.419 e. The predicted octanol–water partition coefficient (Wildman–Crippen LogP) is 5.82. The first-order chi connectivity index (χ1) is 20.4. The number of hydrogen-bond donors (Lipinski definition) is 3. The Hall–Kier alpha value is -4.08. The lowest BCUT2D eigenvalue weighted by atomic mass is 10.0. The van der Waals surface area contributed by atoms with Crippen LogP contribution >= 0.6 is 0 Å². The molecule has 1 atom stereocenters. The third kappa shape index (κ3) is 7.00. The minimum Gasteiger partial charge on any atom is -0.453 e. The molecule has 2 aromatic heterocycles. The number of nitrogens with zero attached hydrogens (tertiary/aromatic N) is 3. The van der Waals surface area contributed by atoms with Crippen molar-refractivity contribution in [1.29, 1.82) is 0 Å². The van der Waals surface area contributed by atoms with Crippen molar-refractivity contribution in [2.24, 2.45) is 0 Å². The number of alkyl halides is 3. The number of aromatic amines is 1. The Morgan fingerprint density at radius 2 is 1.89 bits per heavy atom. The SMILES string of the molecule is COC(=O)Nc1ccc2c(-c3nc(N[C@H]4CCCN(C(=O)OC(C)(C)C)C4)ncc3C(F)(F)F)c[nH]c2c1S(=O)(=O)C(C)C. The molecule has 3 aromatic rings. The van der Waals surface area contributed by atoms with Crippen molar-refractivity contribution >= 4 is 44.6 Å². The Bertz CT molecular complexity index is 1670. The molecule has 1 aliphatic heterocycles. The first-order valence-electron chi connectivity index (χ1n) is 13.8. The number of aromatic nitrogens is 3. The summed E-state index contributed by atoms with van der Waals surface area (Å²) in [6.07, 6.45) is -3.12. The van der Waals surface area contributed by atoms with Crippen LogP contribution in [0.2, 0.25) is 0 Å². The van der Waals surface area contributed by atoms with Gasteiger partial charge in [0.05, 0.1) is 29.3 Å². The van der Waals surface area contributed by atoms with Crippen LogP contribution < -0.4 is 10.6 Å². The van der Waals surface area contributed by atoms with E-state index in [1.165, 1.54) is 37.1 Å². The molecular formula is C28H35F3N6O6S. The number of benzene rings is 1. The third-order valence-electron chi connectivity index (χ3n) is 6.89. The number of carbonyl (C=O) groups excluding carboxylic acids is 2. The van der Waals surface area contributed by atoms with E-state index in [1.807, 2.05) is 0 Å². The first-order valence-corrected chi connectivity index (χ1v) is 15.4. The maximum absolute atomic E-state index is 14.2. The summed E-state index contributed by atoms with van der Waals surface area (Å²) in [6.45, 7) is 8.85. The maximum atomic E-state index is 14.2. The number of carbonyl (C=O) groups is 2. The number of ether oxygens (including phenoxy) is 2. The van der Waals surface area contributed by atoms with E-state index in [9.17, 15) is 31.2 Å². The van der Waals surface area contributed by atoms with E-state index in [4.69, 9.17) is 4.74 Å². The molecule has 240 valence electrons. The van der Waals surface area contributed by atoms with E-state index in [0.717, 1.165) is 7.11 Å². The molecule has 1 fully saturated rings. The molecule has 1 saturated heterocycles. The van der Waals surface area contributed by atoms with Gasteiger partial charge in [-0.05, 0) is 59.6 Å². The normalized spacial score (nSPS) is 16.2. The Balaban J connectivity index is 1.77. The second-order valence-corrected chi connectivity index (χ2v) is 14.1. The highest BCUT2D eigenvalue weighted by Crippen LogP contribution is 2.41. The van der Waals surface area contributed by atoms with Crippen LogP contribution in [0.3, 0.4) is 0 Å². The van der Waals surface area contributed by atoms with Crippen molar-refractivity contribution in [2.75, 3.05) is 30.8 Å². The number of nitrogens with one attached hydrogen (secondary N) is 3. The van der Waals surface area contributed by atoms with Gasteiger partial charge in [-0.1, -0.05) is 0 Å². The number of rotatable bonds is 6. The molecule has 0 unspecified atom stereocenters. The van der Waals surface area contributed by atoms with Crippen molar-refractivity contribution < 1.29 is 40.7 Å². The summed E-state index contributed by atoms with van der Waals surface area (Å²) < 4.78 is 79.4. The lowest BCUT2D eigenvalue weighted by Crippen LogP contribution is -2.47. The Kier molecular flexibility index (Phi) is 9.05. The molecule has 3 N–H and O–H groups in total. The number of likely N-dealkylation sites (tertiary alicyclic amines) is 1. The molecule has 0 radical (unpaired) electrons. The molecule has 0 bridgehead atoms. The number of anilines is 2.